The quantitative estimate of drug-likeness (QED) is 0.395. The highest BCUT2D eigenvalue weighted by molar-refractivity contribution is 5.80. The van der Waals surface area contributed by atoms with Crippen LogP contribution in [0.2, 0.25) is 0 Å². The second-order valence-electron chi connectivity index (χ2n) is 6.74. The number of piperidine rings is 1. The van der Waals surface area contributed by atoms with E-state index in [9.17, 15) is 19.2 Å². The standard InChI is InChI=1S/C16H26N2O7/c1-16(2,3)25-15(22)17-10(8-19)9-24-14(21)12-7-5-6-11(18-12)13(20)23-4/h8,10-12,18H,5-7,9H2,1-4H3,(H,17,22)/t10-,11?,12-/m1/s1. The molecule has 3 atom stereocenters. The van der Waals surface area contributed by atoms with Crippen molar-refractivity contribution < 1.29 is 33.4 Å². The lowest BCUT2D eigenvalue weighted by Crippen LogP contribution is -2.52. The molecule has 1 heterocycles. The number of methoxy groups -OCH3 is 1. The molecule has 1 amide bonds. The molecule has 0 bridgehead atoms. The zero-order chi connectivity index (χ0) is 19.0. The number of rotatable bonds is 6. The van der Waals surface area contributed by atoms with Crippen LogP contribution in [0.5, 0.6) is 0 Å². The molecule has 1 fully saturated rings. The topological polar surface area (TPSA) is 120 Å². The lowest BCUT2D eigenvalue weighted by molar-refractivity contribution is -0.150. The number of ether oxygens (including phenoxy) is 3. The first-order chi connectivity index (χ1) is 11.7. The molecular formula is C16H26N2O7. The van der Waals surface area contributed by atoms with Crippen LogP contribution in [-0.2, 0) is 28.6 Å². The summed E-state index contributed by atoms with van der Waals surface area (Å²) in [7, 11) is 1.28. The van der Waals surface area contributed by atoms with Crippen LogP contribution in [-0.4, -0.2) is 61.8 Å². The largest absolute Gasteiger partial charge is 0.468 e. The molecule has 0 spiro atoms. The lowest BCUT2D eigenvalue weighted by Gasteiger charge is -2.28. The molecule has 0 aliphatic carbocycles. The zero-order valence-electron chi connectivity index (χ0n) is 15.0. The molecule has 9 heteroatoms. The van der Waals surface area contributed by atoms with Crippen molar-refractivity contribution in [3.05, 3.63) is 0 Å². The Labute approximate surface area is 146 Å². The molecule has 0 aromatic carbocycles. The predicted molar refractivity (Wildman–Crippen MR) is 86.8 cm³/mol. The molecule has 2 N–H and O–H groups in total. The van der Waals surface area contributed by atoms with E-state index < -0.39 is 41.8 Å². The zero-order valence-corrected chi connectivity index (χ0v) is 15.0. The number of amides is 1. The maximum absolute atomic E-state index is 12.1. The van der Waals surface area contributed by atoms with Crippen LogP contribution in [0, 0.1) is 0 Å². The molecule has 1 aliphatic heterocycles. The van der Waals surface area contributed by atoms with Crippen LogP contribution in [0.1, 0.15) is 40.0 Å². The first kappa shape index (κ1) is 20.9. The second kappa shape index (κ2) is 9.36. The molecule has 0 radical (unpaired) electrons. The molecule has 142 valence electrons. The van der Waals surface area contributed by atoms with E-state index in [1.807, 2.05) is 0 Å². The maximum atomic E-state index is 12.1. The molecule has 0 aromatic rings. The fourth-order valence-corrected chi connectivity index (χ4v) is 2.30. The lowest BCUT2D eigenvalue weighted by atomic mass is 9.98. The summed E-state index contributed by atoms with van der Waals surface area (Å²) in [6, 6.07) is -2.23. The van der Waals surface area contributed by atoms with E-state index >= 15 is 0 Å². The molecule has 0 aromatic heterocycles. The monoisotopic (exact) mass is 358 g/mol. The van der Waals surface area contributed by atoms with Crippen LogP contribution in [0.25, 0.3) is 0 Å². The van der Waals surface area contributed by atoms with E-state index in [0.717, 1.165) is 0 Å². The van der Waals surface area contributed by atoms with Crippen LogP contribution < -0.4 is 10.6 Å². The van der Waals surface area contributed by atoms with E-state index in [1.54, 1.807) is 20.8 Å². The highest BCUT2D eigenvalue weighted by Crippen LogP contribution is 2.15. The predicted octanol–water partition coefficient (Wildman–Crippen LogP) is 0.306. The van der Waals surface area contributed by atoms with Gasteiger partial charge >= 0.3 is 18.0 Å². The summed E-state index contributed by atoms with van der Waals surface area (Å²) in [4.78, 5) is 46.3. The average Bonchev–Trinajstić information content (AvgIpc) is 2.55. The third-order valence-corrected chi connectivity index (χ3v) is 3.43. The fraction of sp³-hybridized carbons (Fsp3) is 0.750. The van der Waals surface area contributed by atoms with Gasteiger partial charge in [0.25, 0.3) is 0 Å². The van der Waals surface area contributed by atoms with Crippen molar-refractivity contribution >= 4 is 24.3 Å². The summed E-state index contributed by atoms with van der Waals surface area (Å²) >= 11 is 0. The van der Waals surface area contributed by atoms with Crippen LogP contribution >= 0.6 is 0 Å². The molecule has 9 nitrogen and oxygen atoms in total. The van der Waals surface area contributed by atoms with Crippen LogP contribution in [0.3, 0.4) is 0 Å². The highest BCUT2D eigenvalue weighted by Gasteiger charge is 2.32. The molecule has 1 saturated heterocycles. The Bertz CT molecular complexity index is 501. The number of alkyl carbamates (subject to hydrolysis) is 1. The first-order valence-electron chi connectivity index (χ1n) is 8.11. The Morgan fingerprint density at radius 1 is 1.20 bits per heavy atom. The Morgan fingerprint density at radius 3 is 2.32 bits per heavy atom. The summed E-state index contributed by atoms with van der Waals surface area (Å²) in [5.41, 5.74) is -0.705. The molecule has 1 unspecified atom stereocenters. The summed E-state index contributed by atoms with van der Waals surface area (Å²) < 4.78 is 14.8. The number of hydrogen-bond acceptors (Lipinski definition) is 8. The van der Waals surface area contributed by atoms with Crippen molar-refractivity contribution in [2.45, 2.75) is 63.8 Å². The summed E-state index contributed by atoms with van der Waals surface area (Å²) in [6.07, 6.45) is 1.44. The summed E-state index contributed by atoms with van der Waals surface area (Å²) in [5.74, 6) is -1.03. The van der Waals surface area contributed by atoms with Gasteiger partial charge in [0.15, 0.2) is 0 Å². The van der Waals surface area contributed by atoms with E-state index in [-0.39, 0.29) is 6.61 Å². The Kier molecular flexibility index (Phi) is 7.82. The maximum Gasteiger partial charge on any atom is 0.408 e. The minimum Gasteiger partial charge on any atom is -0.468 e. The van der Waals surface area contributed by atoms with Crippen molar-refractivity contribution in [3.63, 3.8) is 0 Å². The van der Waals surface area contributed by atoms with Gasteiger partial charge in [-0.15, -0.1) is 0 Å². The minimum atomic E-state index is -1.02. The van der Waals surface area contributed by atoms with Crippen molar-refractivity contribution in [3.8, 4) is 0 Å². The molecule has 0 saturated carbocycles. The normalized spacial score (nSPS) is 21.6. The van der Waals surface area contributed by atoms with Gasteiger partial charge in [-0.25, -0.2) is 4.79 Å². The Morgan fingerprint density at radius 2 is 1.80 bits per heavy atom. The van der Waals surface area contributed by atoms with Crippen molar-refractivity contribution in [1.29, 1.82) is 0 Å². The van der Waals surface area contributed by atoms with E-state index in [0.29, 0.717) is 25.5 Å². The number of carbonyl (C=O) groups is 4. The fourth-order valence-electron chi connectivity index (χ4n) is 2.30. The summed E-state index contributed by atoms with van der Waals surface area (Å²) in [6.45, 7) is 4.75. The number of esters is 2. The van der Waals surface area contributed by atoms with Crippen molar-refractivity contribution in [2.24, 2.45) is 0 Å². The third-order valence-electron chi connectivity index (χ3n) is 3.43. The second-order valence-corrected chi connectivity index (χ2v) is 6.74. The number of carbonyl (C=O) groups excluding carboxylic acids is 4. The molecule has 1 rings (SSSR count). The smallest absolute Gasteiger partial charge is 0.408 e. The average molecular weight is 358 g/mol. The Hall–Kier alpha value is -2.16. The SMILES string of the molecule is COC(=O)C1CCC[C@H](C(=O)OC[C@@H](C=O)NC(=O)OC(C)(C)C)N1. The molecular weight excluding hydrogens is 332 g/mol. The molecule has 25 heavy (non-hydrogen) atoms. The van der Waals surface area contributed by atoms with Gasteiger partial charge in [0.1, 0.15) is 36.6 Å². The number of aldehydes is 1. The van der Waals surface area contributed by atoms with Gasteiger partial charge in [0, 0.05) is 0 Å². The third kappa shape index (κ3) is 7.51. The van der Waals surface area contributed by atoms with Gasteiger partial charge in [-0.2, -0.15) is 0 Å². The van der Waals surface area contributed by atoms with Crippen LogP contribution in [0.4, 0.5) is 4.79 Å². The van der Waals surface area contributed by atoms with Crippen molar-refractivity contribution in [2.75, 3.05) is 13.7 Å². The van der Waals surface area contributed by atoms with Crippen LogP contribution in [0.15, 0.2) is 0 Å². The minimum absolute atomic E-state index is 0.317. The highest BCUT2D eigenvalue weighted by atomic mass is 16.6. The van der Waals surface area contributed by atoms with Crippen molar-refractivity contribution in [1.82, 2.24) is 10.6 Å². The summed E-state index contributed by atoms with van der Waals surface area (Å²) in [5, 5.41) is 5.18. The molecule has 1 aliphatic rings. The number of hydrogen-bond donors (Lipinski definition) is 2. The van der Waals surface area contributed by atoms with E-state index in [2.05, 4.69) is 15.4 Å². The number of nitrogens with one attached hydrogen (secondary N) is 2. The van der Waals surface area contributed by atoms with Gasteiger partial charge in [-0.05, 0) is 40.0 Å². The van der Waals surface area contributed by atoms with Gasteiger partial charge in [0.05, 0.1) is 7.11 Å². The van der Waals surface area contributed by atoms with Gasteiger partial charge in [-0.3, -0.25) is 14.9 Å². The van der Waals surface area contributed by atoms with E-state index in [1.165, 1.54) is 7.11 Å². The van der Waals surface area contributed by atoms with Gasteiger partial charge in [0.2, 0.25) is 0 Å². The first-order valence-corrected chi connectivity index (χ1v) is 8.11. The van der Waals surface area contributed by atoms with Gasteiger partial charge in [-0.1, -0.05) is 0 Å². The van der Waals surface area contributed by atoms with E-state index in [4.69, 9.17) is 9.47 Å². The van der Waals surface area contributed by atoms with Gasteiger partial charge < -0.3 is 24.3 Å². The Balaban J connectivity index is 2.46.